The minimum atomic E-state index is -0.306. The molecule has 0 bridgehead atoms. The van der Waals surface area contributed by atoms with Gasteiger partial charge in [0.25, 0.3) is 0 Å². The zero-order valence-electron chi connectivity index (χ0n) is 13.9. The summed E-state index contributed by atoms with van der Waals surface area (Å²) in [7, 11) is 0. The second-order valence-corrected chi connectivity index (χ2v) is 5.50. The lowest BCUT2D eigenvalue weighted by Gasteiger charge is -2.31. The predicted molar refractivity (Wildman–Crippen MR) is 88.8 cm³/mol. The molecule has 0 aliphatic carbocycles. The van der Waals surface area contributed by atoms with Gasteiger partial charge in [0.2, 0.25) is 0 Å². The molecule has 21 heavy (non-hydrogen) atoms. The molecule has 0 saturated heterocycles. The molecule has 3 N–H and O–H groups in total. The van der Waals surface area contributed by atoms with Crippen molar-refractivity contribution in [2.24, 2.45) is 0 Å². The summed E-state index contributed by atoms with van der Waals surface area (Å²) in [4.78, 5) is 9.13. The number of aromatic nitrogens is 2. The largest absolute Gasteiger partial charge is 0.394 e. The van der Waals surface area contributed by atoms with Crippen LogP contribution >= 0.6 is 0 Å². The van der Waals surface area contributed by atoms with Crippen molar-refractivity contribution in [2.75, 3.05) is 23.8 Å². The summed E-state index contributed by atoms with van der Waals surface area (Å²) < 4.78 is 0. The number of anilines is 2. The van der Waals surface area contributed by atoms with E-state index in [4.69, 9.17) is 0 Å². The van der Waals surface area contributed by atoms with Crippen LogP contribution in [0.25, 0.3) is 0 Å². The molecule has 0 spiro atoms. The number of aliphatic hydroxyl groups is 1. The van der Waals surface area contributed by atoms with Crippen LogP contribution in [0.3, 0.4) is 0 Å². The van der Waals surface area contributed by atoms with Gasteiger partial charge in [-0.2, -0.15) is 0 Å². The molecule has 120 valence electrons. The first kappa shape index (κ1) is 17.7. The van der Waals surface area contributed by atoms with Crippen LogP contribution in [0.2, 0.25) is 0 Å². The van der Waals surface area contributed by atoms with Gasteiger partial charge in [-0.15, -0.1) is 0 Å². The van der Waals surface area contributed by atoms with Crippen molar-refractivity contribution >= 4 is 11.6 Å². The first-order chi connectivity index (χ1) is 10.1. The van der Waals surface area contributed by atoms with E-state index in [2.05, 4.69) is 48.3 Å². The molecule has 1 aromatic heterocycles. The van der Waals surface area contributed by atoms with Crippen LogP contribution in [0.4, 0.5) is 11.6 Å². The Hall–Kier alpha value is -1.36. The summed E-state index contributed by atoms with van der Waals surface area (Å²) in [6.07, 6.45) is 4.64. The Morgan fingerprint density at radius 1 is 1.05 bits per heavy atom. The Balaban J connectivity index is 3.00. The van der Waals surface area contributed by atoms with E-state index in [9.17, 15) is 5.11 Å². The van der Waals surface area contributed by atoms with E-state index in [1.807, 2.05) is 6.07 Å². The maximum Gasteiger partial charge on any atom is 0.133 e. The first-order valence-electron chi connectivity index (χ1n) is 8.13. The second-order valence-electron chi connectivity index (χ2n) is 5.50. The van der Waals surface area contributed by atoms with E-state index in [0.29, 0.717) is 0 Å². The Morgan fingerprint density at radius 3 is 2.24 bits per heavy atom. The minimum Gasteiger partial charge on any atom is -0.394 e. The fourth-order valence-corrected chi connectivity index (χ4v) is 2.20. The van der Waals surface area contributed by atoms with Gasteiger partial charge >= 0.3 is 0 Å². The maximum atomic E-state index is 9.70. The minimum absolute atomic E-state index is 0.102. The molecule has 0 aliphatic rings. The van der Waals surface area contributed by atoms with Crippen molar-refractivity contribution in [1.82, 2.24) is 9.97 Å². The molecule has 0 unspecified atom stereocenters. The van der Waals surface area contributed by atoms with Crippen LogP contribution in [0, 0.1) is 0 Å². The normalized spacial score (nSPS) is 11.5. The monoisotopic (exact) mass is 294 g/mol. The van der Waals surface area contributed by atoms with Crippen LogP contribution in [0.15, 0.2) is 6.07 Å². The molecule has 1 rings (SSSR count). The van der Waals surface area contributed by atoms with Gasteiger partial charge in [-0.25, -0.2) is 9.97 Å². The highest BCUT2D eigenvalue weighted by molar-refractivity contribution is 5.49. The number of aryl methyl sites for hydroxylation is 1. The molecule has 0 radical (unpaired) electrons. The first-order valence-corrected chi connectivity index (χ1v) is 8.13. The molecule has 1 aromatic rings. The van der Waals surface area contributed by atoms with Crippen molar-refractivity contribution in [3.63, 3.8) is 0 Å². The molecule has 0 atom stereocenters. The fourth-order valence-electron chi connectivity index (χ4n) is 2.20. The number of hydrogen-bond donors (Lipinski definition) is 3. The van der Waals surface area contributed by atoms with Gasteiger partial charge < -0.3 is 15.7 Å². The molecule has 5 heteroatoms. The lowest BCUT2D eigenvalue weighted by atomic mass is 9.94. The summed E-state index contributed by atoms with van der Waals surface area (Å²) in [5.41, 5.74) is -0.306. The molecule has 5 nitrogen and oxygen atoms in total. The topological polar surface area (TPSA) is 70.1 Å². The zero-order valence-corrected chi connectivity index (χ0v) is 13.9. The molecule has 0 amide bonds. The lowest BCUT2D eigenvalue weighted by Crippen LogP contribution is -2.41. The van der Waals surface area contributed by atoms with Crippen LogP contribution in [-0.2, 0) is 6.42 Å². The van der Waals surface area contributed by atoms with Crippen molar-refractivity contribution in [2.45, 2.75) is 65.3 Å². The van der Waals surface area contributed by atoms with Gasteiger partial charge in [0.05, 0.1) is 12.1 Å². The summed E-state index contributed by atoms with van der Waals surface area (Å²) in [6.45, 7) is 9.41. The Kier molecular flexibility index (Phi) is 7.43. The SMILES string of the molecule is CCCNc1cc(NC(CC)(CC)CO)nc(CCC)n1. The number of hydrogen-bond acceptors (Lipinski definition) is 5. The predicted octanol–water partition coefficient (Wildman–Crippen LogP) is 3.21. The maximum absolute atomic E-state index is 9.70. The molecular weight excluding hydrogens is 264 g/mol. The van der Waals surface area contributed by atoms with E-state index < -0.39 is 0 Å². The van der Waals surface area contributed by atoms with E-state index in [1.165, 1.54) is 0 Å². The smallest absolute Gasteiger partial charge is 0.133 e. The third-order valence-electron chi connectivity index (χ3n) is 3.85. The van der Waals surface area contributed by atoms with Crippen LogP contribution < -0.4 is 10.6 Å². The Morgan fingerprint density at radius 2 is 1.71 bits per heavy atom. The number of nitrogens with one attached hydrogen (secondary N) is 2. The quantitative estimate of drug-likeness (QED) is 0.618. The molecule has 0 fully saturated rings. The molecular formula is C16H30N4O. The average Bonchev–Trinajstić information content (AvgIpc) is 2.51. The van der Waals surface area contributed by atoms with Gasteiger partial charge in [-0.1, -0.05) is 27.7 Å². The highest BCUT2D eigenvalue weighted by Gasteiger charge is 2.25. The second kappa shape index (κ2) is 8.82. The molecule has 1 heterocycles. The van der Waals surface area contributed by atoms with Crippen molar-refractivity contribution < 1.29 is 5.11 Å². The lowest BCUT2D eigenvalue weighted by molar-refractivity contribution is 0.202. The Labute approximate surface area is 128 Å². The van der Waals surface area contributed by atoms with Gasteiger partial charge in [-0.05, 0) is 25.7 Å². The zero-order chi connectivity index (χ0) is 15.7. The van der Waals surface area contributed by atoms with Crippen molar-refractivity contribution in [3.8, 4) is 0 Å². The average molecular weight is 294 g/mol. The number of nitrogens with zero attached hydrogens (tertiary/aromatic N) is 2. The van der Waals surface area contributed by atoms with Crippen molar-refractivity contribution in [1.29, 1.82) is 0 Å². The van der Waals surface area contributed by atoms with E-state index in [1.54, 1.807) is 0 Å². The van der Waals surface area contributed by atoms with Crippen LogP contribution in [0.1, 0.15) is 59.2 Å². The third-order valence-corrected chi connectivity index (χ3v) is 3.85. The molecule has 0 saturated carbocycles. The summed E-state index contributed by atoms with van der Waals surface area (Å²) in [5.74, 6) is 2.50. The van der Waals surface area contributed by atoms with Gasteiger partial charge in [-0.3, -0.25) is 0 Å². The highest BCUT2D eigenvalue weighted by Crippen LogP contribution is 2.22. The summed E-state index contributed by atoms with van der Waals surface area (Å²) in [6, 6.07) is 1.94. The fraction of sp³-hybridized carbons (Fsp3) is 0.750. The van der Waals surface area contributed by atoms with Gasteiger partial charge in [0.1, 0.15) is 17.5 Å². The van der Waals surface area contributed by atoms with E-state index in [-0.39, 0.29) is 12.1 Å². The standard InChI is InChI=1S/C16H30N4O/c1-5-9-13-18-14(17-10-6-2)11-15(19-13)20-16(7-3,8-4)12-21/h11,21H,5-10,12H2,1-4H3,(H2,17,18,19,20). The molecule has 0 aromatic carbocycles. The highest BCUT2D eigenvalue weighted by atomic mass is 16.3. The third kappa shape index (κ3) is 5.16. The van der Waals surface area contributed by atoms with E-state index in [0.717, 1.165) is 56.1 Å². The van der Waals surface area contributed by atoms with Crippen LogP contribution in [0.5, 0.6) is 0 Å². The molecule has 0 aliphatic heterocycles. The van der Waals surface area contributed by atoms with Gasteiger partial charge in [0.15, 0.2) is 0 Å². The number of rotatable bonds is 10. The van der Waals surface area contributed by atoms with Crippen LogP contribution in [-0.4, -0.2) is 33.8 Å². The Bertz CT molecular complexity index is 410. The summed E-state index contributed by atoms with van der Waals surface area (Å²) >= 11 is 0. The van der Waals surface area contributed by atoms with E-state index >= 15 is 0 Å². The van der Waals surface area contributed by atoms with Crippen molar-refractivity contribution in [3.05, 3.63) is 11.9 Å². The van der Waals surface area contributed by atoms with Gasteiger partial charge in [0, 0.05) is 19.0 Å². The summed E-state index contributed by atoms with van der Waals surface area (Å²) in [5, 5.41) is 16.4. The number of aliphatic hydroxyl groups excluding tert-OH is 1.